The Morgan fingerprint density at radius 1 is 1.16 bits per heavy atom. The van der Waals surface area contributed by atoms with E-state index in [9.17, 15) is 4.79 Å². The van der Waals surface area contributed by atoms with Gasteiger partial charge in [-0.15, -0.1) is 0 Å². The lowest BCUT2D eigenvalue weighted by atomic mass is 10.1. The highest BCUT2D eigenvalue weighted by molar-refractivity contribution is 5.97. The maximum Gasteiger partial charge on any atom is 0.189 e. The van der Waals surface area contributed by atoms with Gasteiger partial charge in [0.25, 0.3) is 0 Å². The first-order valence-corrected chi connectivity index (χ1v) is 6.08. The van der Waals surface area contributed by atoms with Gasteiger partial charge in [-0.3, -0.25) is 14.2 Å². The van der Waals surface area contributed by atoms with Gasteiger partial charge in [-0.2, -0.15) is 10.2 Å². The van der Waals surface area contributed by atoms with E-state index in [4.69, 9.17) is 0 Å². The van der Waals surface area contributed by atoms with Crippen LogP contribution in [0.5, 0.6) is 0 Å². The molecule has 0 atom stereocenters. The Kier molecular flexibility index (Phi) is 2.67. The molecule has 0 spiro atoms. The standard InChI is InChI=1S/C14H14N4O/c1-17-8-7-11(15-17)14(19)9-12-10-5-3-4-6-13(10)18(2)16-12/h3-8H,9H2,1-2H3. The van der Waals surface area contributed by atoms with Gasteiger partial charge in [0.15, 0.2) is 5.78 Å². The maximum atomic E-state index is 12.2. The predicted octanol–water partition coefficient (Wildman–Crippen LogP) is 1.73. The summed E-state index contributed by atoms with van der Waals surface area (Å²) in [4.78, 5) is 12.2. The highest BCUT2D eigenvalue weighted by Crippen LogP contribution is 2.18. The number of Topliss-reactive ketones (excluding diaryl/α,β-unsaturated/α-hetero) is 1. The Morgan fingerprint density at radius 2 is 1.95 bits per heavy atom. The molecule has 0 unspecified atom stereocenters. The molecule has 3 aromatic rings. The summed E-state index contributed by atoms with van der Waals surface area (Å²) in [6, 6.07) is 9.64. The second-order valence-corrected chi connectivity index (χ2v) is 4.56. The van der Waals surface area contributed by atoms with E-state index in [1.165, 1.54) is 0 Å². The molecule has 96 valence electrons. The molecule has 19 heavy (non-hydrogen) atoms. The molecule has 0 amide bonds. The summed E-state index contributed by atoms with van der Waals surface area (Å²) in [6.45, 7) is 0. The molecule has 0 fully saturated rings. The van der Waals surface area contributed by atoms with Crippen LogP contribution in [-0.2, 0) is 20.5 Å². The molecule has 0 radical (unpaired) electrons. The van der Waals surface area contributed by atoms with E-state index in [2.05, 4.69) is 10.2 Å². The number of nitrogens with zero attached hydrogens (tertiary/aromatic N) is 4. The highest BCUT2D eigenvalue weighted by Gasteiger charge is 2.15. The number of aryl methyl sites for hydroxylation is 2. The average molecular weight is 254 g/mol. The third-order valence-corrected chi connectivity index (χ3v) is 3.16. The first kappa shape index (κ1) is 11.6. The summed E-state index contributed by atoms with van der Waals surface area (Å²) in [5.41, 5.74) is 2.32. The molecule has 0 saturated heterocycles. The lowest BCUT2D eigenvalue weighted by Gasteiger charge is -1.95. The zero-order valence-electron chi connectivity index (χ0n) is 10.9. The summed E-state index contributed by atoms with van der Waals surface area (Å²) >= 11 is 0. The van der Waals surface area contributed by atoms with Crippen molar-refractivity contribution in [2.45, 2.75) is 6.42 Å². The van der Waals surface area contributed by atoms with Crippen molar-refractivity contribution in [3.8, 4) is 0 Å². The summed E-state index contributed by atoms with van der Waals surface area (Å²) in [6.07, 6.45) is 2.04. The van der Waals surface area contributed by atoms with Crippen molar-refractivity contribution in [2.75, 3.05) is 0 Å². The van der Waals surface area contributed by atoms with E-state index in [0.717, 1.165) is 16.6 Å². The summed E-state index contributed by atoms with van der Waals surface area (Å²) in [5.74, 6) is -0.00977. The molecule has 3 rings (SSSR count). The zero-order valence-corrected chi connectivity index (χ0v) is 10.9. The summed E-state index contributed by atoms with van der Waals surface area (Å²) in [5, 5.41) is 9.57. The minimum atomic E-state index is -0.00977. The number of aromatic nitrogens is 4. The SMILES string of the molecule is Cn1ccc(C(=O)Cc2nn(C)c3ccccc23)n1. The monoisotopic (exact) mass is 254 g/mol. The zero-order chi connectivity index (χ0) is 13.4. The van der Waals surface area contributed by atoms with Crippen molar-refractivity contribution in [2.24, 2.45) is 14.1 Å². The van der Waals surface area contributed by atoms with Crippen LogP contribution < -0.4 is 0 Å². The van der Waals surface area contributed by atoms with Crippen LogP contribution in [0.1, 0.15) is 16.2 Å². The van der Waals surface area contributed by atoms with Gasteiger partial charge in [-0.1, -0.05) is 18.2 Å². The Hall–Kier alpha value is -2.43. The number of ketones is 1. The Balaban J connectivity index is 1.95. The molecule has 0 N–H and O–H groups in total. The largest absolute Gasteiger partial charge is 0.292 e. The van der Waals surface area contributed by atoms with Crippen molar-refractivity contribution in [3.63, 3.8) is 0 Å². The minimum Gasteiger partial charge on any atom is -0.292 e. The van der Waals surface area contributed by atoms with E-state index >= 15 is 0 Å². The Morgan fingerprint density at radius 3 is 2.68 bits per heavy atom. The van der Waals surface area contributed by atoms with Gasteiger partial charge in [0.1, 0.15) is 5.69 Å². The van der Waals surface area contributed by atoms with Gasteiger partial charge in [0.05, 0.1) is 17.6 Å². The number of carbonyl (C=O) groups is 1. The van der Waals surface area contributed by atoms with Crippen LogP contribution >= 0.6 is 0 Å². The van der Waals surface area contributed by atoms with Crippen LogP contribution in [0.3, 0.4) is 0 Å². The van der Waals surface area contributed by atoms with Gasteiger partial charge in [-0.25, -0.2) is 0 Å². The minimum absolute atomic E-state index is 0.00977. The van der Waals surface area contributed by atoms with Crippen molar-refractivity contribution in [1.82, 2.24) is 19.6 Å². The predicted molar refractivity (Wildman–Crippen MR) is 72.0 cm³/mol. The molecule has 2 aromatic heterocycles. The summed E-state index contributed by atoms with van der Waals surface area (Å²) in [7, 11) is 3.68. The molecule has 5 nitrogen and oxygen atoms in total. The fourth-order valence-corrected chi connectivity index (χ4v) is 2.23. The fourth-order valence-electron chi connectivity index (χ4n) is 2.23. The second-order valence-electron chi connectivity index (χ2n) is 4.56. The smallest absolute Gasteiger partial charge is 0.189 e. The number of fused-ring (bicyclic) bond motifs is 1. The fraction of sp³-hybridized carbons (Fsp3) is 0.214. The van der Waals surface area contributed by atoms with Crippen molar-refractivity contribution < 1.29 is 4.79 Å². The topological polar surface area (TPSA) is 52.7 Å². The summed E-state index contributed by atoms with van der Waals surface area (Å²) < 4.78 is 3.43. The van der Waals surface area contributed by atoms with Crippen LogP contribution in [-0.4, -0.2) is 25.3 Å². The van der Waals surface area contributed by atoms with E-state index < -0.39 is 0 Å². The van der Waals surface area contributed by atoms with Crippen molar-refractivity contribution >= 4 is 16.7 Å². The van der Waals surface area contributed by atoms with Crippen LogP contribution in [0.15, 0.2) is 36.5 Å². The van der Waals surface area contributed by atoms with Gasteiger partial charge >= 0.3 is 0 Å². The number of carbonyl (C=O) groups excluding carboxylic acids is 1. The van der Waals surface area contributed by atoms with E-state index in [1.807, 2.05) is 31.3 Å². The van der Waals surface area contributed by atoms with Crippen LogP contribution in [0.2, 0.25) is 0 Å². The van der Waals surface area contributed by atoms with E-state index in [-0.39, 0.29) is 12.2 Å². The molecule has 1 aromatic carbocycles. The Bertz CT molecular complexity index is 754. The molecule has 0 bridgehead atoms. The Labute approximate surface area is 110 Å². The molecule has 0 aliphatic heterocycles. The molecular weight excluding hydrogens is 240 g/mol. The first-order valence-electron chi connectivity index (χ1n) is 6.08. The number of hydrogen-bond donors (Lipinski definition) is 0. The van der Waals surface area contributed by atoms with Crippen LogP contribution in [0.25, 0.3) is 10.9 Å². The number of benzene rings is 1. The number of para-hydroxylation sites is 1. The normalized spacial score (nSPS) is 11.1. The van der Waals surface area contributed by atoms with Gasteiger partial charge in [0.2, 0.25) is 0 Å². The number of rotatable bonds is 3. The molecule has 2 heterocycles. The van der Waals surface area contributed by atoms with Crippen molar-refractivity contribution in [3.05, 3.63) is 47.9 Å². The number of hydrogen-bond acceptors (Lipinski definition) is 3. The van der Waals surface area contributed by atoms with Crippen LogP contribution in [0, 0.1) is 0 Å². The molecule has 5 heteroatoms. The average Bonchev–Trinajstić information content (AvgIpc) is 2.96. The molecular formula is C14H14N4O. The lowest BCUT2D eigenvalue weighted by Crippen LogP contribution is -2.06. The van der Waals surface area contributed by atoms with Crippen LogP contribution in [0.4, 0.5) is 0 Å². The highest BCUT2D eigenvalue weighted by atomic mass is 16.1. The van der Waals surface area contributed by atoms with Gasteiger partial charge in [-0.05, 0) is 12.1 Å². The molecule has 0 aliphatic carbocycles. The van der Waals surface area contributed by atoms with Crippen molar-refractivity contribution in [1.29, 1.82) is 0 Å². The third kappa shape index (κ3) is 2.03. The van der Waals surface area contributed by atoms with E-state index in [1.54, 1.807) is 28.7 Å². The third-order valence-electron chi connectivity index (χ3n) is 3.16. The molecule has 0 saturated carbocycles. The quantitative estimate of drug-likeness (QED) is 0.669. The van der Waals surface area contributed by atoms with Gasteiger partial charge in [0, 0.05) is 25.7 Å². The lowest BCUT2D eigenvalue weighted by molar-refractivity contribution is 0.0986. The molecule has 0 aliphatic rings. The maximum absolute atomic E-state index is 12.2. The van der Waals surface area contributed by atoms with E-state index in [0.29, 0.717) is 5.69 Å². The second kappa shape index (κ2) is 4.35. The first-order chi connectivity index (χ1) is 9.15. The van der Waals surface area contributed by atoms with Gasteiger partial charge < -0.3 is 0 Å².